The van der Waals surface area contributed by atoms with Crippen LogP contribution in [0.1, 0.15) is 36.8 Å². The van der Waals surface area contributed by atoms with Gasteiger partial charge in [0.2, 0.25) is 10.9 Å². The molecular weight excluding hydrogens is 779 g/mol. The van der Waals surface area contributed by atoms with Crippen molar-refractivity contribution < 1.29 is 72.0 Å². The van der Waals surface area contributed by atoms with Crippen molar-refractivity contribution in [2.24, 2.45) is 5.16 Å². The highest BCUT2D eigenvalue weighted by Gasteiger charge is 2.54. The largest absolute Gasteiger partial charge is 0.480 e. The number of oxazole rings is 1. The number of nitrogens with one attached hydrogen (secondary N) is 1. The van der Waals surface area contributed by atoms with Crippen LogP contribution in [0.2, 0.25) is 0 Å². The van der Waals surface area contributed by atoms with Gasteiger partial charge in [0.1, 0.15) is 35.6 Å². The van der Waals surface area contributed by atoms with Gasteiger partial charge in [0.15, 0.2) is 17.2 Å². The smallest absolute Gasteiger partial charge is 0.366 e. The van der Waals surface area contributed by atoms with Gasteiger partial charge < -0.3 is 44.7 Å². The molecule has 1 fully saturated rings. The first kappa shape index (κ1) is 39.4. The van der Waals surface area contributed by atoms with E-state index in [1.165, 1.54) is 0 Å². The zero-order chi connectivity index (χ0) is 40.1. The predicted molar refractivity (Wildman–Crippen MR) is 179 cm³/mol. The number of nitrogens with two attached hydrogens (primary N) is 1. The van der Waals surface area contributed by atoms with Gasteiger partial charge in [-0.1, -0.05) is 16.9 Å². The second kappa shape index (κ2) is 16.5. The second-order valence-corrected chi connectivity index (χ2v) is 12.9. The molecule has 26 heteroatoms. The average Bonchev–Trinajstić information content (AvgIpc) is 3.73. The number of β-lactam (4-membered cyclic amide) rings is 1. The molecule has 0 spiro atoms. The first-order chi connectivity index (χ1) is 26.0. The van der Waals surface area contributed by atoms with E-state index in [0.29, 0.717) is 5.57 Å². The number of carbonyl (C=O) groups is 8. The van der Waals surface area contributed by atoms with Crippen LogP contribution in [0.15, 0.2) is 44.4 Å². The number of anilines is 1. The molecule has 4 heterocycles. The Balaban J connectivity index is 1.37. The summed E-state index contributed by atoms with van der Waals surface area (Å²) >= 11 is 2.07. The van der Waals surface area contributed by atoms with E-state index in [4.69, 9.17) is 34.3 Å². The van der Waals surface area contributed by atoms with Crippen molar-refractivity contribution in [3.05, 3.63) is 40.9 Å². The van der Waals surface area contributed by atoms with Gasteiger partial charge in [0.25, 0.3) is 17.8 Å². The van der Waals surface area contributed by atoms with Gasteiger partial charge in [0.05, 0.1) is 5.56 Å². The minimum absolute atomic E-state index is 0.0187. The van der Waals surface area contributed by atoms with E-state index in [1.807, 2.05) is 0 Å². The van der Waals surface area contributed by atoms with Crippen molar-refractivity contribution in [3.63, 3.8) is 0 Å². The lowest BCUT2D eigenvalue weighted by Gasteiger charge is -2.49. The Morgan fingerprint density at radius 2 is 1.71 bits per heavy atom. The highest BCUT2D eigenvalue weighted by molar-refractivity contribution is 8.01. The number of carboxylic acids is 2. The summed E-state index contributed by atoms with van der Waals surface area (Å²) in [5.41, 5.74) is 3.94. The van der Waals surface area contributed by atoms with Crippen molar-refractivity contribution in [3.8, 4) is 17.2 Å². The van der Waals surface area contributed by atoms with Crippen LogP contribution < -0.4 is 25.3 Å². The lowest BCUT2D eigenvalue weighted by molar-refractivity contribution is -0.150. The van der Waals surface area contributed by atoms with Gasteiger partial charge >= 0.3 is 35.8 Å². The molecule has 0 radical (unpaired) electrons. The summed E-state index contributed by atoms with van der Waals surface area (Å²) < 4.78 is 21.0. The molecule has 0 saturated carbocycles. The SMILES string of the molecule is CC(=O)Oc1cc(C(=O)ON=C(C(=O)N[C@@H]2C(=O)N3C(C(=O)O)=C(CSc4nnnn4CC(=O)O)CS[C@@H]23)c2coc(N)n2)cc(OC(C)=O)c1OC(C)=O. The number of benzene rings is 1. The predicted octanol–water partition coefficient (Wildman–Crippen LogP) is -0.804. The van der Waals surface area contributed by atoms with Crippen molar-refractivity contribution in [1.82, 2.24) is 35.4 Å². The molecular formula is C29H25N9O15S2. The number of thioether (sulfide) groups is 2. The van der Waals surface area contributed by atoms with Crippen LogP contribution in [0.4, 0.5) is 6.01 Å². The molecule has 1 saturated heterocycles. The van der Waals surface area contributed by atoms with E-state index < -0.39 is 100 Å². The Labute approximate surface area is 314 Å². The van der Waals surface area contributed by atoms with E-state index in [0.717, 1.165) is 72.3 Å². The Kier molecular flexibility index (Phi) is 11.8. The number of tetrazole rings is 1. The van der Waals surface area contributed by atoms with Crippen LogP contribution in [-0.4, -0.2) is 117 Å². The van der Waals surface area contributed by atoms with Crippen molar-refractivity contribution in [1.29, 1.82) is 0 Å². The average molecular weight is 804 g/mol. The number of fused-ring (bicyclic) bond motifs is 1. The van der Waals surface area contributed by atoms with Crippen LogP contribution in [0, 0.1) is 0 Å². The maximum Gasteiger partial charge on any atom is 0.366 e. The molecule has 5 rings (SSSR count). The van der Waals surface area contributed by atoms with E-state index in [1.54, 1.807) is 0 Å². The molecule has 5 N–H and O–H groups in total. The summed E-state index contributed by atoms with van der Waals surface area (Å²) in [7, 11) is 0. The number of nitrogen functional groups attached to an aromatic ring is 1. The molecule has 3 aromatic rings. The number of hydrogen-bond acceptors (Lipinski definition) is 21. The first-order valence-electron chi connectivity index (χ1n) is 15.1. The quantitative estimate of drug-likeness (QED) is 0.0295. The van der Waals surface area contributed by atoms with Gasteiger partial charge in [-0.3, -0.25) is 33.7 Å². The molecule has 2 aliphatic heterocycles. The number of carboxylic acid groups (broad SMARTS) is 2. The normalized spacial score (nSPS) is 16.4. The molecule has 0 aliphatic carbocycles. The van der Waals surface area contributed by atoms with Crippen molar-refractivity contribution >= 4 is 82.9 Å². The Hall–Kier alpha value is -6.83. The summed E-state index contributed by atoms with van der Waals surface area (Å²) in [6.07, 6.45) is 0.888. The fraction of sp³-hybridized carbons (Fsp3) is 0.276. The highest BCUT2D eigenvalue weighted by Crippen LogP contribution is 2.42. The standard InChI is InChI=1S/C29H25N9O15S2/c1-10(39)50-16-4-13(5-17(51-11(2)40)22(16)52-12(3)41)27(48)53-34-19(15-7-49-28(30)31-15)23(44)32-20-24(45)38-21(26(46)47)14(8-54-25(20)38)9-55-29-33-35-36-37(29)6-18(42)43/h4-5,7,20,25H,6,8-9H2,1-3H3,(H2,30,31)(H,32,44)(H,42,43)(H,46,47)/t20-,25+/m1/s1. The van der Waals surface area contributed by atoms with Gasteiger partial charge in [-0.2, -0.15) is 4.98 Å². The number of oxime groups is 1. The molecule has 2 aliphatic rings. The molecule has 2 amide bonds. The maximum absolute atomic E-state index is 13.6. The highest BCUT2D eigenvalue weighted by atomic mass is 32.2. The Bertz CT molecular complexity index is 2160. The van der Waals surface area contributed by atoms with Gasteiger partial charge in [-0.25, -0.2) is 14.3 Å². The van der Waals surface area contributed by atoms with Crippen molar-refractivity contribution in [2.45, 2.75) is 43.9 Å². The van der Waals surface area contributed by atoms with E-state index >= 15 is 0 Å². The summed E-state index contributed by atoms with van der Waals surface area (Å²) in [4.78, 5) is 108. The molecule has 0 unspecified atom stereocenters. The third-order valence-electron chi connectivity index (χ3n) is 6.91. The molecule has 2 atom stereocenters. The number of nitrogens with zero attached hydrogens (tertiary/aromatic N) is 7. The number of aromatic nitrogens is 5. The maximum atomic E-state index is 13.6. The fourth-order valence-electron chi connectivity index (χ4n) is 4.82. The van der Waals surface area contributed by atoms with Crippen LogP contribution >= 0.6 is 23.5 Å². The summed E-state index contributed by atoms with van der Waals surface area (Å²) in [6, 6.07) is 0.0737. The molecule has 288 valence electrons. The number of carbonyl (C=O) groups excluding carboxylic acids is 6. The van der Waals surface area contributed by atoms with Crippen LogP contribution in [0.3, 0.4) is 0 Å². The fourth-order valence-corrected chi connectivity index (χ4v) is 7.19. The lowest BCUT2D eigenvalue weighted by Crippen LogP contribution is -2.71. The van der Waals surface area contributed by atoms with Gasteiger partial charge in [0, 0.05) is 32.3 Å². The third-order valence-corrected chi connectivity index (χ3v) is 9.29. The van der Waals surface area contributed by atoms with Gasteiger partial charge in [-0.05, 0) is 28.1 Å². The summed E-state index contributed by atoms with van der Waals surface area (Å²) in [5, 5.41) is 35.0. The van der Waals surface area contributed by atoms with Crippen LogP contribution in [0.25, 0.3) is 0 Å². The van der Waals surface area contributed by atoms with Crippen LogP contribution in [0.5, 0.6) is 17.2 Å². The zero-order valence-corrected chi connectivity index (χ0v) is 29.9. The number of amides is 2. The second-order valence-electron chi connectivity index (χ2n) is 10.9. The van der Waals surface area contributed by atoms with E-state index in [9.17, 15) is 43.5 Å². The lowest BCUT2D eigenvalue weighted by atomic mass is 10.0. The monoisotopic (exact) mass is 803 g/mol. The molecule has 2 aromatic heterocycles. The number of esters is 3. The topological polar surface area (TPSA) is 337 Å². The minimum Gasteiger partial charge on any atom is -0.480 e. The molecule has 24 nitrogen and oxygen atoms in total. The van der Waals surface area contributed by atoms with E-state index in [-0.39, 0.29) is 28.1 Å². The Morgan fingerprint density at radius 1 is 1.05 bits per heavy atom. The summed E-state index contributed by atoms with van der Waals surface area (Å²) in [5.74, 6) is -10.1. The number of ether oxygens (including phenoxy) is 3. The summed E-state index contributed by atoms with van der Waals surface area (Å²) in [6.45, 7) is 2.48. The van der Waals surface area contributed by atoms with Gasteiger partial charge in [-0.15, -0.1) is 16.9 Å². The van der Waals surface area contributed by atoms with E-state index in [2.05, 4.69) is 31.0 Å². The molecule has 55 heavy (non-hydrogen) atoms. The first-order valence-corrected chi connectivity index (χ1v) is 17.1. The van der Waals surface area contributed by atoms with Crippen molar-refractivity contribution in [2.75, 3.05) is 17.2 Å². The number of aliphatic carboxylic acids is 2. The number of rotatable bonds is 14. The third kappa shape index (κ3) is 9.04. The molecule has 0 bridgehead atoms. The zero-order valence-electron chi connectivity index (χ0n) is 28.2. The molecule has 1 aromatic carbocycles. The minimum atomic E-state index is -1.44. The van der Waals surface area contributed by atoms with Crippen LogP contribution in [-0.2, 0) is 44.9 Å². The Morgan fingerprint density at radius 3 is 2.27 bits per heavy atom. The number of hydrogen-bond donors (Lipinski definition) is 4.